The maximum absolute atomic E-state index is 2.25. The Balaban J connectivity index is 1.96. The average molecular weight is 193 g/mol. The van der Waals surface area contributed by atoms with E-state index < -0.39 is 0 Å². The molecule has 0 saturated carbocycles. The van der Waals surface area contributed by atoms with Gasteiger partial charge in [-0.1, -0.05) is 53.6 Å². The smallest absolute Gasteiger partial charge is 0.0398 e. The van der Waals surface area contributed by atoms with E-state index in [0.29, 0.717) is 0 Å². The molecule has 0 unspecified atom stereocenters. The van der Waals surface area contributed by atoms with E-state index in [0.717, 1.165) is 6.32 Å². The van der Waals surface area contributed by atoms with Gasteiger partial charge in [0, 0.05) is 0 Å². The van der Waals surface area contributed by atoms with Crippen LogP contribution in [-0.2, 0) is 6.32 Å². The summed E-state index contributed by atoms with van der Waals surface area (Å²) in [6.45, 7) is 2.12. The summed E-state index contributed by atoms with van der Waals surface area (Å²) in [5, 5.41) is 0. The van der Waals surface area contributed by atoms with Crippen LogP contribution in [0.5, 0.6) is 0 Å². The second kappa shape index (κ2) is 4.83. The van der Waals surface area contributed by atoms with Gasteiger partial charge in [0.25, 0.3) is 0 Å². The molecule has 0 bridgehead atoms. The molecule has 0 fully saturated rings. The van der Waals surface area contributed by atoms with Crippen molar-refractivity contribution in [2.45, 2.75) is 13.2 Å². The van der Waals surface area contributed by atoms with Crippen LogP contribution in [0, 0.1) is 6.92 Å². The van der Waals surface area contributed by atoms with Gasteiger partial charge in [-0.05, 0) is 6.92 Å². The second-order valence-corrected chi connectivity index (χ2v) is 3.80. The minimum atomic E-state index is 1.00. The van der Waals surface area contributed by atoms with Crippen molar-refractivity contribution in [3.63, 3.8) is 0 Å². The largest absolute Gasteiger partial charge is 0.291 e. The highest BCUT2D eigenvalue weighted by atomic mass is 13.9. The summed E-state index contributed by atoms with van der Waals surface area (Å²) in [6, 6.07) is 19.2. The van der Waals surface area contributed by atoms with E-state index in [1.807, 2.05) is 6.07 Å². The van der Waals surface area contributed by atoms with Crippen molar-refractivity contribution < 1.29 is 0 Å². The summed E-state index contributed by atoms with van der Waals surface area (Å²) in [5.74, 6) is 0. The second-order valence-electron chi connectivity index (χ2n) is 3.80. The Morgan fingerprint density at radius 3 is 2.20 bits per heavy atom. The number of rotatable bonds is 3. The van der Waals surface area contributed by atoms with E-state index in [1.165, 1.54) is 16.6 Å². The molecule has 2 radical (unpaired) electrons. The van der Waals surface area contributed by atoms with Gasteiger partial charge in [0.2, 0.25) is 0 Å². The Morgan fingerprint density at radius 1 is 0.867 bits per heavy atom. The maximum atomic E-state index is 2.25. The van der Waals surface area contributed by atoms with Crippen LogP contribution in [0.3, 0.4) is 0 Å². The van der Waals surface area contributed by atoms with Crippen LogP contribution < -0.4 is 5.46 Å². The van der Waals surface area contributed by atoms with E-state index in [1.54, 1.807) is 0 Å². The SMILES string of the molecule is Cc1ccc(C[B-]c2ccccc2)cc1. The summed E-state index contributed by atoms with van der Waals surface area (Å²) >= 11 is 0. The first-order valence-corrected chi connectivity index (χ1v) is 5.28. The van der Waals surface area contributed by atoms with E-state index in [2.05, 4.69) is 62.7 Å². The van der Waals surface area contributed by atoms with Crippen molar-refractivity contribution in [2.24, 2.45) is 0 Å². The van der Waals surface area contributed by atoms with Gasteiger partial charge in [0.1, 0.15) is 0 Å². The standard InChI is InChI=1S/C14H14B/c1-12-7-9-13(10-8-12)11-15-14-5-3-2-4-6-14/h2-10H,11H2,1H3/q-1. The molecular weight excluding hydrogens is 179 g/mol. The first-order chi connectivity index (χ1) is 7.34. The topological polar surface area (TPSA) is 0 Å². The van der Waals surface area contributed by atoms with Gasteiger partial charge in [0.15, 0.2) is 0 Å². The lowest BCUT2D eigenvalue weighted by molar-refractivity contribution is 1.35. The van der Waals surface area contributed by atoms with Crippen LogP contribution in [0.1, 0.15) is 11.1 Å². The van der Waals surface area contributed by atoms with Gasteiger partial charge in [-0.2, -0.15) is 0 Å². The number of aryl methyl sites for hydroxylation is 1. The Labute approximate surface area is 92.2 Å². The normalized spacial score (nSPS) is 10.2. The van der Waals surface area contributed by atoms with Crippen molar-refractivity contribution in [1.82, 2.24) is 0 Å². The van der Waals surface area contributed by atoms with Gasteiger partial charge >= 0.3 is 0 Å². The summed E-state index contributed by atoms with van der Waals surface area (Å²) in [5.41, 5.74) is 3.97. The third-order valence-electron chi connectivity index (χ3n) is 2.49. The van der Waals surface area contributed by atoms with Gasteiger partial charge < -0.3 is 0 Å². The average Bonchev–Trinajstić information content (AvgIpc) is 2.30. The highest BCUT2D eigenvalue weighted by molar-refractivity contribution is 6.52. The third kappa shape index (κ3) is 2.98. The predicted molar refractivity (Wildman–Crippen MR) is 66.7 cm³/mol. The van der Waals surface area contributed by atoms with Crippen LogP contribution in [0.15, 0.2) is 54.6 Å². The molecule has 0 aliphatic carbocycles. The minimum Gasteiger partial charge on any atom is -0.291 e. The Morgan fingerprint density at radius 2 is 1.53 bits per heavy atom. The van der Waals surface area contributed by atoms with Gasteiger partial charge in [-0.25, -0.2) is 6.32 Å². The lowest BCUT2D eigenvalue weighted by Gasteiger charge is -2.15. The molecule has 0 atom stereocenters. The molecule has 0 heterocycles. The molecule has 74 valence electrons. The molecular formula is C14H14B-. The molecule has 1 heteroatoms. The van der Waals surface area contributed by atoms with Crippen LogP contribution in [0.25, 0.3) is 0 Å². The first kappa shape index (κ1) is 10.0. The molecule has 2 aromatic carbocycles. The first-order valence-electron chi connectivity index (χ1n) is 5.28. The Bertz CT molecular complexity index is 403. The molecule has 0 amide bonds. The molecule has 0 aromatic heterocycles. The van der Waals surface area contributed by atoms with Crippen molar-refractivity contribution in [2.75, 3.05) is 0 Å². The fourth-order valence-electron chi connectivity index (χ4n) is 1.55. The van der Waals surface area contributed by atoms with Crippen molar-refractivity contribution in [3.05, 3.63) is 65.7 Å². The molecule has 0 aliphatic heterocycles. The number of benzene rings is 2. The molecule has 0 spiro atoms. The Hall–Kier alpha value is -1.50. The van der Waals surface area contributed by atoms with E-state index >= 15 is 0 Å². The van der Waals surface area contributed by atoms with Crippen molar-refractivity contribution in [3.8, 4) is 0 Å². The van der Waals surface area contributed by atoms with E-state index in [9.17, 15) is 0 Å². The van der Waals surface area contributed by atoms with Gasteiger partial charge in [0.05, 0.1) is 0 Å². The molecule has 2 rings (SSSR count). The molecule has 15 heavy (non-hydrogen) atoms. The van der Waals surface area contributed by atoms with Crippen LogP contribution >= 0.6 is 0 Å². The zero-order valence-corrected chi connectivity index (χ0v) is 8.98. The molecule has 2 aromatic rings. The minimum absolute atomic E-state index is 1.00. The summed E-state index contributed by atoms with van der Waals surface area (Å²) < 4.78 is 0. The highest BCUT2D eigenvalue weighted by Crippen LogP contribution is 2.02. The molecule has 0 saturated heterocycles. The zero-order valence-electron chi connectivity index (χ0n) is 8.98. The summed E-state index contributed by atoms with van der Waals surface area (Å²) in [6.07, 6.45) is 1.00. The third-order valence-corrected chi connectivity index (χ3v) is 2.49. The fraction of sp³-hybridized carbons (Fsp3) is 0.143. The van der Waals surface area contributed by atoms with Crippen LogP contribution in [-0.4, -0.2) is 7.28 Å². The molecule has 0 nitrogen and oxygen atoms in total. The summed E-state index contributed by atoms with van der Waals surface area (Å²) in [7, 11) is 2.25. The quantitative estimate of drug-likeness (QED) is 0.657. The van der Waals surface area contributed by atoms with Crippen molar-refractivity contribution in [1.29, 1.82) is 0 Å². The molecule has 0 N–H and O–H groups in total. The monoisotopic (exact) mass is 193 g/mol. The van der Waals surface area contributed by atoms with Crippen LogP contribution in [0.2, 0.25) is 0 Å². The van der Waals surface area contributed by atoms with Gasteiger partial charge in [-0.15, -0.1) is 12.1 Å². The lowest BCUT2D eigenvalue weighted by Crippen LogP contribution is -2.15. The number of hydrogen-bond donors (Lipinski definition) is 0. The predicted octanol–water partition coefficient (Wildman–Crippen LogP) is 2.52. The summed E-state index contributed by atoms with van der Waals surface area (Å²) in [4.78, 5) is 0. The fourth-order valence-corrected chi connectivity index (χ4v) is 1.55. The maximum Gasteiger partial charge on any atom is -0.0398 e. The van der Waals surface area contributed by atoms with Gasteiger partial charge in [-0.3, -0.25) is 12.7 Å². The van der Waals surface area contributed by atoms with E-state index in [-0.39, 0.29) is 0 Å². The number of hydrogen-bond acceptors (Lipinski definition) is 0. The highest BCUT2D eigenvalue weighted by Gasteiger charge is 1.85. The zero-order chi connectivity index (χ0) is 10.5. The Kier molecular flexibility index (Phi) is 3.23. The van der Waals surface area contributed by atoms with Crippen molar-refractivity contribution >= 4 is 12.7 Å². The van der Waals surface area contributed by atoms with E-state index in [4.69, 9.17) is 0 Å². The van der Waals surface area contributed by atoms with Crippen LogP contribution in [0.4, 0.5) is 0 Å². The molecule has 0 aliphatic rings. The lowest BCUT2D eigenvalue weighted by atomic mass is 9.65.